The van der Waals surface area contributed by atoms with Gasteiger partial charge in [0.15, 0.2) is 0 Å². The number of carboxylic acids is 1. The number of aromatic carboxylic acids is 1. The van der Waals surface area contributed by atoms with Gasteiger partial charge in [-0.15, -0.1) is 0 Å². The SMILES string of the molecule is N=C(N)c1ccc(C(=O)O)nc1. The third-order valence-corrected chi connectivity index (χ3v) is 1.29. The highest BCUT2D eigenvalue weighted by atomic mass is 16.4. The van der Waals surface area contributed by atoms with Gasteiger partial charge < -0.3 is 10.8 Å². The molecule has 0 aliphatic carbocycles. The molecular formula is C7H7N3O2. The van der Waals surface area contributed by atoms with E-state index in [2.05, 4.69) is 4.98 Å². The molecule has 0 aromatic carbocycles. The molecule has 12 heavy (non-hydrogen) atoms. The number of hydrogen-bond donors (Lipinski definition) is 3. The number of rotatable bonds is 2. The van der Waals surface area contributed by atoms with Crippen LogP contribution in [0.15, 0.2) is 18.3 Å². The maximum atomic E-state index is 10.3. The summed E-state index contributed by atoms with van der Waals surface area (Å²) < 4.78 is 0. The zero-order valence-corrected chi connectivity index (χ0v) is 6.11. The van der Waals surface area contributed by atoms with Gasteiger partial charge in [-0.05, 0) is 12.1 Å². The van der Waals surface area contributed by atoms with E-state index in [1.807, 2.05) is 0 Å². The number of nitrogens with one attached hydrogen (secondary N) is 1. The summed E-state index contributed by atoms with van der Waals surface area (Å²) in [5.41, 5.74) is 5.50. The van der Waals surface area contributed by atoms with Gasteiger partial charge in [-0.2, -0.15) is 0 Å². The maximum Gasteiger partial charge on any atom is 0.354 e. The van der Waals surface area contributed by atoms with Crippen LogP contribution >= 0.6 is 0 Å². The molecule has 0 saturated heterocycles. The molecule has 0 spiro atoms. The van der Waals surface area contributed by atoms with Crippen molar-refractivity contribution in [2.24, 2.45) is 5.73 Å². The summed E-state index contributed by atoms with van der Waals surface area (Å²) in [4.78, 5) is 13.9. The fourth-order valence-electron chi connectivity index (χ4n) is 0.680. The third kappa shape index (κ3) is 1.57. The average Bonchev–Trinajstić information content (AvgIpc) is 2.04. The quantitative estimate of drug-likeness (QED) is 0.426. The first-order chi connectivity index (χ1) is 5.61. The van der Waals surface area contributed by atoms with Crippen LogP contribution in [0.25, 0.3) is 0 Å². The van der Waals surface area contributed by atoms with E-state index in [1.54, 1.807) is 0 Å². The predicted octanol–water partition coefficient (Wildman–Crippen LogP) is 0.0639. The van der Waals surface area contributed by atoms with Crippen molar-refractivity contribution >= 4 is 11.8 Å². The summed E-state index contributed by atoms with van der Waals surface area (Å²) >= 11 is 0. The zero-order chi connectivity index (χ0) is 9.14. The first kappa shape index (κ1) is 8.19. The first-order valence-corrected chi connectivity index (χ1v) is 3.15. The topological polar surface area (TPSA) is 100 Å². The highest BCUT2D eigenvalue weighted by Crippen LogP contribution is 1.98. The van der Waals surface area contributed by atoms with Crippen molar-refractivity contribution in [3.63, 3.8) is 0 Å². The summed E-state index contributed by atoms with van der Waals surface area (Å²) in [5.74, 6) is -1.22. The van der Waals surface area contributed by atoms with E-state index in [9.17, 15) is 4.79 Å². The Morgan fingerprint density at radius 1 is 1.58 bits per heavy atom. The fraction of sp³-hybridized carbons (Fsp3) is 0. The molecule has 5 heteroatoms. The minimum absolute atomic E-state index is 0.0556. The van der Waals surface area contributed by atoms with Crippen LogP contribution < -0.4 is 5.73 Å². The second-order valence-corrected chi connectivity index (χ2v) is 2.15. The minimum atomic E-state index is -1.09. The van der Waals surface area contributed by atoms with Crippen LogP contribution in [0.2, 0.25) is 0 Å². The number of aromatic nitrogens is 1. The number of hydrogen-bond acceptors (Lipinski definition) is 3. The molecule has 1 aromatic rings. The average molecular weight is 165 g/mol. The Balaban J connectivity index is 3.01. The normalized spacial score (nSPS) is 9.33. The van der Waals surface area contributed by atoms with Crippen LogP contribution in [0.4, 0.5) is 0 Å². The van der Waals surface area contributed by atoms with Gasteiger partial charge in [0.1, 0.15) is 11.5 Å². The Kier molecular flexibility index (Phi) is 2.05. The molecule has 0 aliphatic heterocycles. The third-order valence-electron chi connectivity index (χ3n) is 1.29. The smallest absolute Gasteiger partial charge is 0.354 e. The van der Waals surface area contributed by atoms with Crippen LogP contribution in [0.1, 0.15) is 16.1 Å². The van der Waals surface area contributed by atoms with Crippen molar-refractivity contribution < 1.29 is 9.90 Å². The lowest BCUT2D eigenvalue weighted by molar-refractivity contribution is 0.0690. The highest BCUT2D eigenvalue weighted by molar-refractivity contribution is 5.95. The van der Waals surface area contributed by atoms with E-state index >= 15 is 0 Å². The zero-order valence-electron chi connectivity index (χ0n) is 6.11. The van der Waals surface area contributed by atoms with E-state index in [4.69, 9.17) is 16.2 Å². The molecule has 0 fully saturated rings. The van der Waals surface area contributed by atoms with Crippen molar-refractivity contribution in [1.29, 1.82) is 5.41 Å². The molecule has 0 bridgehead atoms. The Morgan fingerprint density at radius 3 is 2.58 bits per heavy atom. The number of carbonyl (C=O) groups is 1. The van der Waals surface area contributed by atoms with Crippen LogP contribution in [0.5, 0.6) is 0 Å². The lowest BCUT2D eigenvalue weighted by atomic mass is 10.2. The highest BCUT2D eigenvalue weighted by Gasteiger charge is 2.03. The number of nitrogens with zero attached hydrogens (tertiary/aromatic N) is 1. The second-order valence-electron chi connectivity index (χ2n) is 2.15. The molecule has 62 valence electrons. The van der Waals surface area contributed by atoms with Gasteiger partial charge in [0.05, 0.1) is 0 Å². The standard InChI is InChI=1S/C7H7N3O2/c8-6(9)4-1-2-5(7(11)12)10-3-4/h1-3H,(H3,8,9)(H,11,12). The minimum Gasteiger partial charge on any atom is -0.477 e. The van der Waals surface area contributed by atoms with Gasteiger partial charge in [-0.25, -0.2) is 9.78 Å². The Labute approximate surface area is 68.4 Å². The monoisotopic (exact) mass is 165 g/mol. The van der Waals surface area contributed by atoms with Crippen molar-refractivity contribution in [2.45, 2.75) is 0 Å². The van der Waals surface area contributed by atoms with Gasteiger partial charge in [0, 0.05) is 11.8 Å². The molecule has 0 radical (unpaired) electrons. The summed E-state index contributed by atoms with van der Waals surface area (Å²) in [6.45, 7) is 0. The van der Waals surface area contributed by atoms with Crippen molar-refractivity contribution in [2.75, 3.05) is 0 Å². The van der Waals surface area contributed by atoms with Crippen LogP contribution in [0.3, 0.4) is 0 Å². The molecule has 1 heterocycles. The first-order valence-electron chi connectivity index (χ1n) is 3.15. The van der Waals surface area contributed by atoms with Gasteiger partial charge >= 0.3 is 5.97 Å². The second kappa shape index (κ2) is 3.00. The van der Waals surface area contributed by atoms with E-state index in [0.717, 1.165) is 0 Å². The Hall–Kier alpha value is -1.91. The van der Waals surface area contributed by atoms with E-state index in [-0.39, 0.29) is 11.5 Å². The molecule has 0 saturated carbocycles. The molecule has 0 aliphatic rings. The molecule has 4 N–H and O–H groups in total. The summed E-state index contributed by atoms with van der Waals surface area (Å²) in [6.07, 6.45) is 1.26. The molecule has 0 amide bonds. The van der Waals surface area contributed by atoms with Crippen molar-refractivity contribution in [1.82, 2.24) is 4.98 Å². The number of pyridine rings is 1. The Morgan fingerprint density at radius 2 is 2.25 bits per heavy atom. The summed E-state index contributed by atoms with van der Waals surface area (Å²) in [7, 11) is 0. The number of nitrogens with two attached hydrogens (primary N) is 1. The van der Waals surface area contributed by atoms with E-state index in [0.29, 0.717) is 5.56 Å². The lowest BCUT2D eigenvalue weighted by Gasteiger charge is -1.96. The number of nitrogen functional groups attached to an aromatic ring is 1. The van der Waals surface area contributed by atoms with Crippen LogP contribution in [0, 0.1) is 5.41 Å². The van der Waals surface area contributed by atoms with Gasteiger partial charge in [-0.3, -0.25) is 5.41 Å². The molecule has 0 atom stereocenters. The number of amidine groups is 1. The summed E-state index contributed by atoms with van der Waals surface area (Å²) in [6, 6.07) is 2.75. The van der Waals surface area contributed by atoms with Crippen LogP contribution in [-0.4, -0.2) is 21.9 Å². The molecule has 5 nitrogen and oxygen atoms in total. The van der Waals surface area contributed by atoms with Gasteiger partial charge in [-0.1, -0.05) is 0 Å². The molecular weight excluding hydrogens is 158 g/mol. The van der Waals surface area contributed by atoms with Gasteiger partial charge in [0.2, 0.25) is 0 Å². The maximum absolute atomic E-state index is 10.3. The summed E-state index contributed by atoms with van der Waals surface area (Å²) in [5, 5.41) is 15.5. The van der Waals surface area contributed by atoms with Gasteiger partial charge in [0.25, 0.3) is 0 Å². The van der Waals surface area contributed by atoms with Crippen LogP contribution in [-0.2, 0) is 0 Å². The predicted molar refractivity (Wildman–Crippen MR) is 42.2 cm³/mol. The molecule has 0 unspecified atom stereocenters. The van der Waals surface area contributed by atoms with Crippen molar-refractivity contribution in [3.8, 4) is 0 Å². The number of carboxylic acid groups (broad SMARTS) is 1. The van der Waals surface area contributed by atoms with E-state index < -0.39 is 5.97 Å². The Bertz CT molecular complexity index is 285. The lowest BCUT2D eigenvalue weighted by Crippen LogP contribution is -2.12. The van der Waals surface area contributed by atoms with E-state index in [1.165, 1.54) is 18.3 Å². The largest absolute Gasteiger partial charge is 0.477 e. The van der Waals surface area contributed by atoms with Crippen molar-refractivity contribution in [3.05, 3.63) is 29.6 Å². The fourth-order valence-corrected chi connectivity index (χ4v) is 0.680. The molecule has 1 rings (SSSR count). The molecule has 1 aromatic heterocycles.